The van der Waals surface area contributed by atoms with E-state index in [9.17, 15) is 8.78 Å². The average Bonchev–Trinajstić information content (AvgIpc) is 2.70. The second-order valence-electron chi connectivity index (χ2n) is 3.93. The summed E-state index contributed by atoms with van der Waals surface area (Å²) in [5, 5.41) is 0. The molecule has 0 radical (unpaired) electrons. The molecule has 0 aromatic heterocycles. The Morgan fingerprint density at radius 1 is 1.27 bits per heavy atom. The molecule has 2 aliphatic rings. The van der Waals surface area contributed by atoms with Gasteiger partial charge in [-0.25, -0.2) is 8.78 Å². The molecule has 0 saturated heterocycles. The first-order chi connectivity index (χ1) is 5.13. The maximum atomic E-state index is 12.4. The van der Waals surface area contributed by atoms with E-state index in [1.165, 1.54) is 0 Å². The molecule has 11 heavy (non-hydrogen) atoms. The molecule has 2 aliphatic carbocycles. The van der Waals surface area contributed by atoms with Gasteiger partial charge in [0.2, 0.25) is 6.43 Å². The number of alkyl halides is 2. The van der Waals surface area contributed by atoms with Crippen molar-refractivity contribution in [3.05, 3.63) is 0 Å². The first-order valence-corrected chi connectivity index (χ1v) is 4.20. The van der Waals surface area contributed by atoms with Crippen molar-refractivity contribution in [2.24, 2.45) is 17.6 Å². The fraction of sp³-hybridized carbons (Fsp3) is 1.00. The highest BCUT2D eigenvalue weighted by Gasteiger charge is 2.55. The molecule has 64 valence electrons. The van der Waals surface area contributed by atoms with Crippen molar-refractivity contribution in [1.29, 1.82) is 0 Å². The molecule has 1 atom stereocenters. The molecule has 3 heteroatoms. The van der Waals surface area contributed by atoms with Crippen LogP contribution in [0.1, 0.15) is 25.7 Å². The zero-order chi connectivity index (χ0) is 8.06. The van der Waals surface area contributed by atoms with Gasteiger partial charge >= 0.3 is 0 Å². The highest BCUT2D eigenvalue weighted by atomic mass is 19.3. The van der Waals surface area contributed by atoms with Crippen LogP contribution in [0.2, 0.25) is 0 Å². The van der Waals surface area contributed by atoms with Crippen molar-refractivity contribution in [1.82, 2.24) is 0 Å². The quantitative estimate of drug-likeness (QED) is 0.670. The zero-order valence-electron chi connectivity index (χ0n) is 6.39. The number of hydrogen-bond donors (Lipinski definition) is 1. The van der Waals surface area contributed by atoms with Gasteiger partial charge in [-0.2, -0.15) is 0 Å². The number of halogens is 2. The molecule has 1 nitrogen and oxygen atoms in total. The molecular formula is C8H13F2N. The summed E-state index contributed by atoms with van der Waals surface area (Å²) in [7, 11) is 0. The van der Waals surface area contributed by atoms with Crippen molar-refractivity contribution >= 4 is 0 Å². The number of nitrogens with two attached hydrogens (primary N) is 1. The van der Waals surface area contributed by atoms with Gasteiger partial charge in [0.15, 0.2) is 0 Å². The van der Waals surface area contributed by atoms with Gasteiger partial charge in [0, 0.05) is 11.5 Å². The van der Waals surface area contributed by atoms with Crippen molar-refractivity contribution in [2.75, 3.05) is 0 Å². The number of hydrogen-bond acceptors (Lipinski definition) is 1. The first-order valence-electron chi connectivity index (χ1n) is 4.20. The van der Waals surface area contributed by atoms with Gasteiger partial charge in [-0.1, -0.05) is 0 Å². The molecule has 0 spiro atoms. The third kappa shape index (κ3) is 1.26. The van der Waals surface area contributed by atoms with E-state index in [1.54, 1.807) is 0 Å². The van der Waals surface area contributed by atoms with Gasteiger partial charge in [-0.15, -0.1) is 0 Å². The van der Waals surface area contributed by atoms with Gasteiger partial charge < -0.3 is 5.73 Å². The van der Waals surface area contributed by atoms with Crippen LogP contribution in [-0.4, -0.2) is 12.0 Å². The lowest BCUT2D eigenvalue weighted by atomic mass is 9.93. The molecule has 0 bridgehead atoms. The minimum atomic E-state index is -2.20. The topological polar surface area (TPSA) is 26.0 Å². The van der Waals surface area contributed by atoms with Crippen LogP contribution in [0.25, 0.3) is 0 Å². The zero-order valence-corrected chi connectivity index (χ0v) is 6.39. The van der Waals surface area contributed by atoms with Crippen molar-refractivity contribution < 1.29 is 8.78 Å². The Hall–Kier alpha value is -0.180. The summed E-state index contributed by atoms with van der Waals surface area (Å²) in [5.74, 6) is -0.259. The van der Waals surface area contributed by atoms with Crippen LogP contribution in [0.15, 0.2) is 0 Å². The Morgan fingerprint density at radius 2 is 1.82 bits per heavy atom. The van der Waals surface area contributed by atoms with E-state index < -0.39 is 17.9 Å². The lowest BCUT2D eigenvalue weighted by Crippen LogP contribution is -2.38. The van der Waals surface area contributed by atoms with Crippen LogP contribution in [0.5, 0.6) is 0 Å². The molecule has 2 rings (SSSR count). The summed E-state index contributed by atoms with van der Waals surface area (Å²) in [6, 6.07) is 0. The van der Waals surface area contributed by atoms with Gasteiger partial charge in [0.25, 0.3) is 0 Å². The van der Waals surface area contributed by atoms with E-state index in [-0.39, 0.29) is 5.92 Å². The van der Waals surface area contributed by atoms with Crippen LogP contribution in [0.4, 0.5) is 8.78 Å². The van der Waals surface area contributed by atoms with Gasteiger partial charge in [-0.05, 0) is 31.6 Å². The highest BCUT2D eigenvalue weighted by Crippen LogP contribution is 2.52. The molecule has 0 aromatic rings. The standard InChI is InChI=1S/C8H13F2N/c9-7(10)6(5-1-2-5)8(11)3-4-8/h5-7H,1-4,11H2. The summed E-state index contributed by atoms with van der Waals surface area (Å²) < 4.78 is 24.9. The summed E-state index contributed by atoms with van der Waals surface area (Å²) >= 11 is 0. The van der Waals surface area contributed by atoms with Crippen LogP contribution in [0.3, 0.4) is 0 Å². The molecule has 2 N–H and O–H groups in total. The molecule has 1 unspecified atom stereocenters. The Balaban J connectivity index is 2.03. The lowest BCUT2D eigenvalue weighted by Gasteiger charge is -2.21. The predicted molar refractivity (Wildman–Crippen MR) is 38.4 cm³/mol. The lowest BCUT2D eigenvalue weighted by molar-refractivity contribution is 0.0446. The van der Waals surface area contributed by atoms with Crippen molar-refractivity contribution in [3.63, 3.8) is 0 Å². The molecule has 2 fully saturated rings. The monoisotopic (exact) mass is 161 g/mol. The van der Waals surface area contributed by atoms with Gasteiger partial charge in [-0.3, -0.25) is 0 Å². The maximum absolute atomic E-state index is 12.4. The molecule has 0 heterocycles. The fourth-order valence-corrected chi connectivity index (χ4v) is 1.86. The second-order valence-corrected chi connectivity index (χ2v) is 3.93. The number of rotatable bonds is 3. The van der Waals surface area contributed by atoms with Gasteiger partial charge in [0.05, 0.1) is 0 Å². The summed E-state index contributed by atoms with van der Waals surface area (Å²) in [4.78, 5) is 0. The second kappa shape index (κ2) is 2.16. The summed E-state index contributed by atoms with van der Waals surface area (Å²) in [6.07, 6.45) is 1.34. The Bertz CT molecular complexity index is 159. The van der Waals surface area contributed by atoms with Crippen molar-refractivity contribution in [2.45, 2.75) is 37.6 Å². The van der Waals surface area contributed by atoms with Crippen LogP contribution in [-0.2, 0) is 0 Å². The summed E-state index contributed by atoms with van der Waals surface area (Å²) in [5.41, 5.74) is 5.28. The molecular weight excluding hydrogens is 148 g/mol. The minimum absolute atomic E-state index is 0.238. The first kappa shape index (κ1) is 7.47. The summed E-state index contributed by atoms with van der Waals surface area (Å²) in [6.45, 7) is 0. The smallest absolute Gasteiger partial charge is 0.243 e. The Kier molecular flexibility index (Phi) is 1.46. The molecule has 0 amide bonds. The van der Waals surface area contributed by atoms with Crippen LogP contribution < -0.4 is 5.73 Å². The normalized spacial score (nSPS) is 30.5. The maximum Gasteiger partial charge on any atom is 0.243 e. The highest BCUT2D eigenvalue weighted by molar-refractivity contribution is 5.08. The Labute approximate surface area is 65.0 Å². The van der Waals surface area contributed by atoms with E-state index in [1.807, 2.05) is 0 Å². The third-order valence-electron chi connectivity index (χ3n) is 2.89. The van der Waals surface area contributed by atoms with E-state index in [0.717, 1.165) is 25.7 Å². The minimum Gasteiger partial charge on any atom is -0.325 e. The SMILES string of the molecule is NC1(C(C(F)F)C2CC2)CC1. The van der Waals surface area contributed by atoms with Gasteiger partial charge in [0.1, 0.15) is 0 Å². The van der Waals surface area contributed by atoms with E-state index in [0.29, 0.717) is 0 Å². The average molecular weight is 161 g/mol. The van der Waals surface area contributed by atoms with Crippen LogP contribution in [0, 0.1) is 11.8 Å². The molecule has 0 aliphatic heterocycles. The fourth-order valence-electron chi connectivity index (χ4n) is 1.86. The van der Waals surface area contributed by atoms with E-state index in [2.05, 4.69) is 0 Å². The Morgan fingerprint density at radius 3 is 2.09 bits per heavy atom. The third-order valence-corrected chi connectivity index (χ3v) is 2.89. The van der Waals surface area contributed by atoms with Crippen LogP contribution >= 0.6 is 0 Å². The molecule has 2 saturated carbocycles. The van der Waals surface area contributed by atoms with Crippen molar-refractivity contribution in [3.8, 4) is 0 Å². The predicted octanol–water partition coefficient (Wildman–Crippen LogP) is 1.77. The molecule has 0 aromatic carbocycles. The van der Waals surface area contributed by atoms with E-state index >= 15 is 0 Å². The van der Waals surface area contributed by atoms with E-state index in [4.69, 9.17) is 5.73 Å². The largest absolute Gasteiger partial charge is 0.325 e.